The predicted molar refractivity (Wildman–Crippen MR) is 81.9 cm³/mol. The summed E-state index contributed by atoms with van der Waals surface area (Å²) in [6.07, 6.45) is 2.81. The molecule has 5 nitrogen and oxygen atoms in total. The second-order valence-electron chi connectivity index (χ2n) is 4.93. The quantitative estimate of drug-likeness (QED) is 0.755. The Morgan fingerprint density at radius 2 is 1.95 bits per heavy atom. The number of benzene rings is 1. The number of aromatic hydroxyl groups is 1. The molecule has 0 bridgehead atoms. The van der Waals surface area contributed by atoms with Crippen LogP contribution in [0.25, 0.3) is 0 Å². The van der Waals surface area contributed by atoms with Crippen molar-refractivity contribution in [3.05, 3.63) is 35.5 Å². The van der Waals surface area contributed by atoms with E-state index in [0.29, 0.717) is 5.75 Å². The molecule has 0 amide bonds. The lowest BCUT2D eigenvalue weighted by Crippen LogP contribution is -2.10. The van der Waals surface area contributed by atoms with Gasteiger partial charge in [-0.2, -0.15) is 5.10 Å². The zero-order valence-electron chi connectivity index (χ0n) is 12.1. The summed E-state index contributed by atoms with van der Waals surface area (Å²) in [5.41, 5.74) is 8.99. The first kappa shape index (κ1) is 14.2. The summed E-state index contributed by atoms with van der Waals surface area (Å²) in [6, 6.07) is 7.25. The summed E-state index contributed by atoms with van der Waals surface area (Å²) in [5.74, 6) is 1.18. The van der Waals surface area contributed by atoms with Crippen LogP contribution in [0.5, 0.6) is 5.75 Å². The Balaban J connectivity index is 1.95. The minimum atomic E-state index is 0.293. The van der Waals surface area contributed by atoms with Gasteiger partial charge in [-0.05, 0) is 30.5 Å². The van der Waals surface area contributed by atoms with Gasteiger partial charge in [0.2, 0.25) is 0 Å². The van der Waals surface area contributed by atoms with E-state index >= 15 is 0 Å². The predicted octanol–water partition coefficient (Wildman–Crippen LogP) is 2.31. The first-order valence-corrected chi connectivity index (χ1v) is 6.95. The Morgan fingerprint density at radius 3 is 2.60 bits per heavy atom. The van der Waals surface area contributed by atoms with E-state index in [0.717, 1.165) is 43.0 Å². The van der Waals surface area contributed by atoms with Crippen molar-refractivity contribution in [2.75, 3.05) is 17.6 Å². The maximum absolute atomic E-state index is 9.24. The minimum Gasteiger partial charge on any atom is -0.508 e. The van der Waals surface area contributed by atoms with Crippen LogP contribution in [0.1, 0.15) is 24.6 Å². The van der Waals surface area contributed by atoms with Gasteiger partial charge in [0.05, 0.1) is 11.4 Å². The molecule has 0 fully saturated rings. The molecule has 0 saturated carbocycles. The summed E-state index contributed by atoms with van der Waals surface area (Å²) in [4.78, 5) is 0. The van der Waals surface area contributed by atoms with E-state index in [1.807, 2.05) is 19.2 Å². The molecular formula is C15H22N4O. The van der Waals surface area contributed by atoms with Crippen molar-refractivity contribution in [1.29, 1.82) is 0 Å². The number of nitrogens with zero attached hydrogens (tertiary/aromatic N) is 2. The summed E-state index contributed by atoms with van der Waals surface area (Å²) in [5, 5.41) is 17.0. The van der Waals surface area contributed by atoms with Crippen LogP contribution in [-0.4, -0.2) is 21.4 Å². The van der Waals surface area contributed by atoms with Crippen molar-refractivity contribution in [3.63, 3.8) is 0 Å². The number of anilines is 2. The molecule has 4 N–H and O–H groups in total. The monoisotopic (exact) mass is 274 g/mol. The first-order chi connectivity index (χ1) is 9.61. The lowest BCUT2D eigenvalue weighted by Gasteiger charge is -2.08. The van der Waals surface area contributed by atoms with Gasteiger partial charge < -0.3 is 16.2 Å². The van der Waals surface area contributed by atoms with E-state index in [1.165, 1.54) is 5.56 Å². The smallest absolute Gasteiger partial charge is 0.147 e. The van der Waals surface area contributed by atoms with Crippen LogP contribution >= 0.6 is 0 Å². The Kier molecular flexibility index (Phi) is 4.50. The molecular weight excluding hydrogens is 252 g/mol. The Bertz CT molecular complexity index is 560. The van der Waals surface area contributed by atoms with Gasteiger partial charge in [-0.15, -0.1) is 0 Å². The third-order valence-corrected chi connectivity index (χ3v) is 3.29. The molecule has 0 saturated heterocycles. The van der Waals surface area contributed by atoms with Crippen molar-refractivity contribution in [2.45, 2.75) is 26.2 Å². The SMILES string of the molecule is CCCc1nn(C)c(NCCc2ccc(O)cc2)c1N. The number of hydrogen-bond acceptors (Lipinski definition) is 4. The normalized spacial score (nSPS) is 10.7. The third kappa shape index (κ3) is 3.23. The highest BCUT2D eigenvalue weighted by molar-refractivity contribution is 5.65. The molecule has 2 aromatic rings. The molecule has 2 rings (SSSR count). The van der Waals surface area contributed by atoms with Crippen LogP contribution in [0, 0.1) is 0 Å². The summed E-state index contributed by atoms with van der Waals surface area (Å²) >= 11 is 0. The molecule has 0 radical (unpaired) electrons. The molecule has 1 aromatic heterocycles. The molecule has 20 heavy (non-hydrogen) atoms. The van der Waals surface area contributed by atoms with Crippen molar-refractivity contribution >= 4 is 11.5 Å². The highest BCUT2D eigenvalue weighted by Crippen LogP contribution is 2.23. The highest BCUT2D eigenvalue weighted by atomic mass is 16.3. The molecule has 0 atom stereocenters. The van der Waals surface area contributed by atoms with E-state index in [-0.39, 0.29) is 0 Å². The highest BCUT2D eigenvalue weighted by Gasteiger charge is 2.11. The number of hydrogen-bond donors (Lipinski definition) is 3. The molecule has 0 aliphatic rings. The number of phenolic OH excluding ortho intramolecular Hbond substituents is 1. The standard InChI is InChI=1S/C15H22N4O/c1-3-4-13-14(16)15(19(2)18-13)17-10-9-11-5-7-12(20)8-6-11/h5-8,17,20H,3-4,9-10,16H2,1-2H3. The van der Waals surface area contributed by atoms with E-state index in [9.17, 15) is 5.11 Å². The van der Waals surface area contributed by atoms with Gasteiger partial charge in [0.15, 0.2) is 0 Å². The molecule has 108 valence electrons. The lowest BCUT2D eigenvalue weighted by atomic mass is 10.1. The van der Waals surface area contributed by atoms with Gasteiger partial charge in [-0.25, -0.2) is 0 Å². The van der Waals surface area contributed by atoms with E-state index < -0.39 is 0 Å². The molecule has 1 aromatic carbocycles. The van der Waals surface area contributed by atoms with Crippen LogP contribution in [0.2, 0.25) is 0 Å². The molecule has 1 heterocycles. The van der Waals surface area contributed by atoms with Crippen LogP contribution in [0.3, 0.4) is 0 Å². The van der Waals surface area contributed by atoms with Crippen molar-refractivity contribution in [3.8, 4) is 5.75 Å². The summed E-state index contributed by atoms with van der Waals surface area (Å²) in [7, 11) is 1.90. The topological polar surface area (TPSA) is 76.1 Å². The fraction of sp³-hybridized carbons (Fsp3) is 0.400. The second-order valence-corrected chi connectivity index (χ2v) is 4.93. The Hall–Kier alpha value is -2.17. The third-order valence-electron chi connectivity index (χ3n) is 3.29. The van der Waals surface area contributed by atoms with E-state index in [1.54, 1.807) is 16.8 Å². The zero-order valence-corrected chi connectivity index (χ0v) is 12.1. The molecule has 5 heteroatoms. The lowest BCUT2D eigenvalue weighted by molar-refractivity contribution is 0.475. The Morgan fingerprint density at radius 1 is 1.25 bits per heavy atom. The molecule has 0 spiro atoms. The first-order valence-electron chi connectivity index (χ1n) is 6.95. The molecule has 0 unspecified atom stereocenters. The van der Waals surface area contributed by atoms with Gasteiger partial charge in [-0.3, -0.25) is 4.68 Å². The zero-order chi connectivity index (χ0) is 14.5. The Labute approximate surface area is 119 Å². The maximum Gasteiger partial charge on any atom is 0.147 e. The van der Waals surface area contributed by atoms with Crippen molar-refractivity contribution in [1.82, 2.24) is 9.78 Å². The number of phenols is 1. The average Bonchev–Trinajstić information content (AvgIpc) is 2.69. The largest absolute Gasteiger partial charge is 0.508 e. The van der Waals surface area contributed by atoms with Crippen LogP contribution < -0.4 is 11.1 Å². The fourth-order valence-electron chi connectivity index (χ4n) is 2.21. The number of nitrogen functional groups attached to an aromatic ring is 1. The van der Waals surface area contributed by atoms with Crippen LogP contribution in [0.15, 0.2) is 24.3 Å². The molecule has 0 aliphatic heterocycles. The van der Waals surface area contributed by atoms with E-state index in [4.69, 9.17) is 5.73 Å². The number of nitrogens with one attached hydrogen (secondary N) is 1. The van der Waals surface area contributed by atoms with E-state index in [2.05, 4.69) is 17.3 Å². The van der Waals surface area contributed by atoms with Gasteiger partial charge in [0, 0.05) is 13.6 Å². The van der Waals surface area contributed by atoms with Crippen LogP contribution in [-0.2, 0) is 19.9 Å². The average molecular weight is 274 g/mol. The number of aryl methyl sites for hydroxylation is 2. The fourth-order valence-corrected chi connectivity index (χ4v) is 2.21. The van der Waals surface area contributed by atoms with Gasteiger partial charge >= 0.3 is 0 Å². The van der Waals surface area contributed by atoms with Gasteiger partial charge in [-0.1, -0.05) is 25.5 Å². The van der Waals surface area contributed by atoms with Crippen molar-refractivity contribution < 1.29 is 5.11 Å². The maximum atomic E-state index is 9.24. The van der Waals surface area contributed by atoms with Gasteiger partial charge in [0.25, 0.3) is 0 Å². The van der Waals surface area contributed by atoms with Crippen molar-refractivity contribution in [2.24, 2.45) is 7.05 Å². The number of rotatable bonds is 6. The summed E-state index contributed by atoms with van der Waals surface area (Å²) in [6.45, 7) is 2.89. The number of aromatic nitrogens is 2. The second kappa shape index (κ2) is 6.32. The van der Waals surface area contributed by atoms with Gasteiger partial charge in [0.1, 0.15) is 11.6 Å². The summed E-state index contributed by atoms with van der Waals surface area (Å²) < 4.78 is 1.80. The van der Waals surface area contributed by atoms with Crippen LogP contribution in [0.4, 0.5) is 11.5 Å². The minimum absolute atomic E-state index is 0.293. The number of nitrogens with two attached hydrogens (primary N) is 1. The molecule has 0 aliphatic carbocycles.